The highest BCUT2D eigenvalue weighted by Gasteiger charge is 2.22. The molecule has 1 amide bonds. The van der Waals surface area contributed by atoms with Gasteiger partial charge in [0, 0.05) is 21.6 Å². The second kappa shape index (κ2) is 8.79. The fourth-order valence-corrected chi connectivity index (χ4v) is 3.17. The Morgan fingerprint density at radius 3 is 2.66 bits per heavy atom. The molecule has 2 aromatic carbocycles. The maximum atomic E-state index is 12.4. The number of aromatic nitrogens is 1. The first kappa shape index (κ1) is 20.4. The topological polar surface area (TPSA) is 92.9 Å². The lowest BCUT2D eigenvalue weighted by atomic mass is 10.1. The standard InChI is InChI=1S/C21H20ClN3O4/c1-3-29-21(28)20-13(2)25(18-9-8-16(26)10-17(18)20)12-19(27)24-23-11-14-4-6-15(22)7-5-14/h4-11,26H,3,12H2,1-2H3,(H,24,27)/b23-11-. The van der Waals surface area contributed by atoms with Gasteiger partial charge in [-0.2, -0.15) is 5.10 Å². The Morgan fingerprint density at radius 2 is 1.97 bits per heavy atom. The van der Waals surface area contributed by atoms with E-state index in [1.807, 2.05) is 0 Å². The number of ether oxygens (including phenoxy) is 1. The van der Waals surface area contributed by atoms with Gasteiger partial charge >= 0.3 is 5.97 Å². The van der Waals surface area contributed by atoms with E-state index < -0.39 is 5.97 Å². The number of halogens is 1. The molecule has 0 aliphatic carbocycles. The van der Waals surface area contributed by atoms with Gasteiger partial charge in [-0.1, -0.05) is 23.7 Å². The highest BCUT2D eigenvalue weighted by Crippen LogP contribution is 2.29. The summed E-state index contributed by atoms with van der Waals surface area (Å²) in [5.41, 5.74) is 4.80. The van der Waals surface area contributed by atoms with E-state index in [2.05, 4.69) is 10.5 Å². The number of phenols is 1. The van der Waals surface area contributed by atoms with Crippen molar-refractivity contribution in [1.82, 2.24) is 9.99 Å². The van der Waals surface area contributed by atoms with Crippen molar-refractivity contribution in [2.24, 2.45) is 5.10 Å². The van der Waals surface area contributed by atoms with Crippen LogP contribution in [0, 0.1) is 6.92 Å². The lowest BCUT2D eigenvalue weighted by Gasteiger charge is -2.07. The van der Waals surface area contributed by atoms with Crippen molar-refractivity contribution >= 4 is 40.6 Å². The molecule has 29 heavy (non-hydrogen) atoms. The number of hydrogen-bond acceptors (Lipinski definition) is 5. The van der Waals surface area contributed by atoms with Gasteiger partial charge in [-0.15, -0.1) is 0 Å². The minimum Gasteiger partial charge on any atom is -0.508 e. The third kappa shape index (κ3) is 4.57. The van der Waals surface area contributed by atoms with Crippen LogP contribution >= 0.6 is 11.6 Å². The number of amides is 1. The zero-order chi connectivity index (χ0) is 21.0. The van der Waals surface area contributed by atoms with Crippen LogP contribution in [0.3, 0.4) is 0 Å². The molecular weight excluding hydrogens is 394 g/mol. The molecule has 0 aliphatic heterocycles. The quantitative estimate of drug-likeness (QED) is 0.366. The van der Waals surface area contributed by atoms with Gasteiger partial charge in [0.25, 0.3) is 5.91 Å². The van der Waals surface area contributed by atoms with E-state index >= 15 is 0 Å². The monoisotopic (exact) mass is 413 g/mol. The average molecular weight is 414 g/mol. The number of nitrogens with one attached hydrogen (secondary N) is 1. The van der Waals surface area contributed by atoms with Crippen molar-refractivity contribution in [2.45, 2.75) is 20.4 Å². The molecule has 1 heterocycles. The predicted molar refractivity (Wildman–Crippen MR) is 111 cm³/mol. The van der Waals surface area contributed by atoms with E-state index in [1.54, 1.807) is 48.7 Å². The van der Waals surface area contributed by atoms with Crippen molar-refractivity contribution in [3.8, 4) is 5.75 Å². The van der Waals surface area contributed by atoms with Crippen LogP contribution in [0.1, 0.15) is 28.5 Å². The summed E-state index contributed by atoms with van der Waals surface area (Å²) in [6.45, 7) is 3.62. The smallest absolute Gasteiger partial charge is 0.340 e. The van der Waals surface area contributed by atoms with E-state index in [9.17, 15) is 14.7 Å². The molecular formula is C21H20ClN3O4. The highest BCUT2D eigenvalue weighted by atomic mass is 35.5. The zero-order valence-corrected chi connectivity index (χ0v) is 16.7. The number of hydrazone groups is 1. The Bertz CT molecular complexity index is 1090. The summed E-state index contributed by atoms with van der Waals surface area (Å²) in [4.78, 5) is 24.8. The third-order valence-corrected chi connectivity index (χ3v) is 4.61. The summed E-state index contributed by atoms with van der Waals surface area (Å²) < 4.78 is 6.82. The summed E-state index contributed by atoms with van der Waals surface area (Å²) in [6.07, 6.45) is 1.51. The Morgan fingerprint density at radius 1 is 1.24 bits per heavy atom. The first-order valence-corrected chi connectivity index (χ1v) is 9.35. The zero-order valence-electron chi connectivity index (χ0n) is 16.0. The van der Waals surface area contributed by atoms with Crippen LogP contribution in [-0.4, -0.2) is 34.4 Å². The molecule has 3 aromatic rings. The number of nitrogens with zero attached hydrogens (tertiary/aromatic N) is 2. The van der Waals surface area contributed by atoms with E-state index in [0.29, 0.717) is 27.2 Å². The molecule has 0 spiro atoms. The van der Waals surface area contributed by atoms with Gasteiger partial charge in [-0.05, 0) is 49.7 Å². The molecule has 2 N–H and O–H groups in total. The molecule has 0 atom stereocenters. The number of hydrogen-bond donors (Lipinski definition) is 2. The minimum absolute atomic E-state index is 0.0252. The third-order valence-electron chi connectivity index (χ3n) is 4.36. The Labute approximate surface area is 172 Å². The van der Waals surface area contributed by atoms with Gasteiger partial charge in [0.1, 0.15) is 12.3 Å². The number of rotatable bonds is 6. The van der Waals surface area contributed by atoms with Crippen molar-refractivity contribution in [1.29, 1.82) is 0 Å². The maximum Gasteiger partial charge on any atom is 0.340 e. The Balaban J connectivity index is 1.83. The fourth-order valence-electron chi connectivity index (χ4n) is 3.04. The molecule has 0 unspecified atom stereocenters. The highest BCUT2D eigenvalue weighted by molar-refractivity contribution is 6.30. The molecule has 0 saturated carbocycles. The second-order valence-corrected chi connectivity index (χ2v) is 6.75. The molecule has 0 aliphatic rings. The van der Waals surface area contributed by atoms with Crippen LogP contribution < -0.4 is 5.43 Å². The number of phenolic OH excluding ortho intramolecular Hbond substituents is 1. The minimum atomic E-state index is -0.500. The van der Waals surface area contributed by atoms with E-state index in [-0.39, 0.29) is 24.8 Å². The second-order valence-electron chi connectivity index (χ2n) is 6.31. The van der Waals surface area contributed by atoms with Crippen LogP contribution in [0.25, 0.3) is 10.9 Å². The van der Waals surface area contributed by atoms with Crippen molar-refractivity contribution < 1.29 is 19.4 Å². The van der Waals surface area contributed by atoms with Crippen LogP contribution in [0.4, 0.5) is 0 Å². The molecule has 7 nitrogen and oxygen atoms in total. The molecule has 150 valence electrons. The van der Waals surface area contributed by atoms with Crippen LogP contribution in [0.2, 0.25) is 5.02 Å². The molecule has 1 aromatic heterocycles. The maximum absolute atomic E-state index is 12.4. The SMILES string of the molecule is CCOC(=O)c1c(C)n(CC(=O)N/N=C\c2ccc(Cl)cc2)c2ccc(O)cc12. The normalized spacial score (nSPS) is 11.1. The number of aromatic hydroxyl groups is 1. The Hall–Kier alpha value is -3.32. The van der Waals surface area contributed by atoms with Gasteiger partial charge in [0.2, 0.25) is 0 Å². The summed E-state index contributed by atoms with van der Waals surface area (Å²) in [6, 6.07) is 11.7. The lowest BCUT2D eigenvalue weighted by Crippen LogP contribution is -2.24. The lowest BCUT2D eigenvalue weighted by molar-refractivity contribution is -0.121. The average Bonchev–Trinajstić information content (AvgIpc) is 2.94. The summed E-state index contributed by atoms with van der Waals surface area (Å²) in [5.74, 6) is -0.837. The number of esters is 1. The van der Waals surface area contributed by atoms with Crippen molar-refractivity contribution in [3.63, 3.8) is 0 Å². The van der Waals surface area contributed by atoms with E-state index in [0.717, 1.165) is 5.56 Å². The molecule has 8 heteroatoms. The van der Waals surface area contributed by atoms with E-state index in [1.165, 1.54) is 18.3 Å². The molecule has 0 radical (unpaired) electrons. The Kier molecular flexibility index (Phi) is 6.19. The van der Waals surface area contributed by atoms with Gasteiger partial charge in [-0.25, -0.2) is 10.2 Å². The molecule has 3 rings (SSSR count). The van der Waals surface area contributed by atoms with Crippen LogP contribution in [0.15, 0.2) is 47.6 Å². The number of carbonyl (C=O) groups is 2. The fraction of sp³-hybridized carbons (Fsp3) is 0.190. The largest absolute Gasteiger partial charge is 0.508 e. The molecule has 0 saturated heterocycles. The number of benzene rings is 2. The molecule has 0 bridgehead atoms. The predicted octanol–water partition coefficient (Wildman–Crippen LogP) is 3.64. The van der Waals surface area contributed by atoms with Crippen molar-refractivity contribution in [3.05, 3.63) is 64.3 Å². The van der Waals surface area contributed by atoms with Gasteiger partial charge in [-0.3, -0.25) is 4.79 Å². The van der Waals surface area contributed by atoms with Gasteiger partial charge in [0.05, 0.1) is 18.4 Å². The number of carbonyl (C=O) groups excluding carboxylic acids is 2. The van der Waals surface area contributed by atoms with Crippen LogP contribution in [0.5, 0.6) is 5.75 Å². The van der Waals surface area contributed by atoms with E-state index in [4.69, 9.17) is 16.3 Å². The van der Waals surface area contributed by atoms with Crippen molar-refractivity contribution in [2.75, 3.05) is 6.61 Å². The summed E-state index contributed by atoms with van der Waals surface area (Å²) in [7, 11) is 0. The first-order valence-electron chi connectivity index (χ1n) is 8.97. The summed E-state index contributed by atoms with van der Waals surface area (Å²) >= 11 is 5.84. The van der Waals surface area contributed by atoms with Crippen LogP contribution in [-0.2, 0) is 16.1 Å². The molecule has 0 fully saturated rings. The first-order chi connectivity index (χ1) is 13.9. The van der Waals surface area contributed by atoms with Gasteiger partial charge < -0.3 is 14.4 Å². The van der Waals surface area contributed by atoms with Gasteiger partial charge in [0.15, 0.2) is 0 Å². The number of fused-ring (bicyclic) bond motifs is 1. The summed E-state index contributed by atoms with van der Waals surface area (Å²) in [5, 5.41) is 14.9.